The van der Waals surface area contributed by atoms with Crippen LogP contribution in [-0.4, -0.2) is 17.2 Å². The maximum Gasteiger partial charge on any atom is 0.173 e. The fourth-order valence-corrected chi connectivity index (χ4v) is 1.96. The van der Waals surface area contributed by atoms with Crippen molar-refractivity contribution in [3.8, 4) is 6.07 Å². The fraction of sp³-hybridized carbons (Fsp3) is 0.214. The highest BCUT2D eigenvalue weighted by molar-refractivity contribution is 5.67. The third-order valence-corrected chi connectivity index (χ3v) is 2.85. The molecule has 0 spiro atoms. The number of anilines is 2. The quantitative estimate of drug-likeness (QED) is 0.807. The van der Waals surface area contributed by atoms with E-state index in [1.807, 2.05) is 31.0 Å². The van der Waals surface area contributed by atoms with Crippen LogP contribution in [0, 0.1) is 25.2 Å². The average Bonchev–Trinajstić information content (AvgIpc) is 2.38. The molecule has 0 radical (unpaired) electrons. The first-order valence-corrected chi connectivity index (χ1v) is 5.66. The van der Waals surface area contributed by atoms with Crippen LogP contribution in [0.5, 0.6) is 0 Å². The van der Waals surface area contributed by atoms with Crippen molar-refractivity contribution in [3.05, 3.63) is 47.2 Å². The minimum Gasteiger partial charge on any atom is -0.327 e. The van der Waals surface area contributed by atoms with E-state index in [4.69, 9.17) is 5.26 Å². The van der Waals surface area contributed by atoms with Gasteiger partial charge in [0, 0.05) is 12.7 Å². The number of hydrogen-bond acceptors (Lipinski definition) is 4. The summed E-state index contributed by atoms with van der Waals surface area (Å²) in [5.41, 5.74) is 3.90. The summed E-state index contributed by atoms with van der Waals surface area (Å²) >= 11 is 0. The smallest absolute Gasteiger partial charge is 0.173 e. The molecule has 2 rings (SSSR count). The van der Waals surface area contributed by atoms with Crippen molar-refractivity contribution in [3.63, 3.8) is 0 Å². The van der Waals surface area contributed by atoms with Gasteiger partial charge in [-0.15, -0.1) is 5.10 Å². The Labute approximate surface area is 107 Å². The molecular formula is C14H14N4. The number of nitrogens with zero attached hydrogens (tertiary/aromatic N) is 4. The minimum absolute atomic E-state index is 0.521. The maximum atomic E-state index is 9.08. The standard InChI is InChI=1S/C14H14N4/c1-10-4-5-13(11(2)8-10)18(3)14-12(9-15)6-7-16-17-14/h4-8H,1-3H3. The third-order valence-electron chi connectivity index (χ3n) is 2.85. The average molecular weight is 238 g/mol. The molecule has 0 saturated carbocycles. The molecule has 1 heterocycles. The molecule has 0 unspecified atom stereocenters. The van der Waals surface area contributed by atoms with Crippen molar-refractivity contribution in [2.75, 3.05) is 11.9 Å². The molecule has 4 nitrogen and oxygen atoms in total. The molecule has 1 aromatic carbocycles. The summed E-state index contributed by atoms with van der Waals surface area (Å²) in [6, 6.07) is 9.98. The number of nitriles is 1. The van der Waals surface area contributed by atoms with E-state index in [0.29, 0.717) is 11.4 Å². The molecule has 90 valence electrons. The molecule has 18 heavy (non-hydrogen) atoms. The third kappa shape index (κ3) is 2.16. The van der Waals surface area contributed by atoms with E-state index < -0.39 is 0 Å². The normalized spacial score (nSPS) is 9.89. The Hall–Kier alpha value is -2.41. The van der Waals surface area contributed by atoms with Crippen LogP contribution in [0.2, 0.25) is 0 Å². The monoisotopic (exact) mass is 238 g/mol. The first kappa shape index (κ1) is 12.1. The molecule has 0 amide bonds. The Morgan fingerprint density at radius 1 is 1.22 bits per heavy atom. The van der Waals surface area contributed by atoms with Crippen LogP contribution < -0.4 is 4.90 Å². The first-order chi connectivity index (χ1) is 8.63. The van der Waals surface area contributed by atoms with Crippen molar-refractivity contribution >= 4 is 11.5 Å². The van der Waals surface area contributed by atoms with E-state index >= 15 is 0 Å². The molecule has 0 atom stereocenters. The van der Waals surface area contributed by atoms with Gasteiger partial charge in [0.15, 0.2) is 5.82 Å². The van der Waals surface area contributed by atoms with Crippen LogP contribution in [0.15, 0.2) is 30.5 Å². The lowest BCUT2D eigenvalue weighted by Crippen LogP contribution is -2.14. The second-order valence-electron chi connectivity index (χ2n) is 4.23. The Morgan fingerprint density at radius 2 is 2.00 bits per heavy atom. The van der Waals surface area contributed by atoms with Gasteiger partial charge >= 0.3 is 0 Å². The number of benzene rings is 1. The summed E-state index contributed by atoms with van der Waals surface area (Å²) < 4.78 is 0. The summed E-state index contributed by atoms with van der Waals surface area (Å²) in [7, 11) is 1.89. The zero-order chi connectivity index (χ0) is 13.1. The van der Waals surface area contributed by atoms with Gasteiger partial charge in [-0.05, 0) is 31.5 Å². The van der Waals surface area contributed by atoms with Gasteiger partial charge in [0.2, 0.25) is 0 Å². The van der Waals surface area contributed by atoms with Gasteiger partial charge in [-0.25, -0.2) is 0 Å². The predicted molar refractivity (Wildman–Crippen MR) is 70.7 cm³/mol. The Morgan fingerprint density at radius 3 is 2.67 bits per heavy atom. The molecule has 0 N–H and O–H groups in total. The SMILES string of the molecule is Cc1ccc(N(C)c2nnccc2C#N)c(C)c1. The molecule has 1 aromatic heterocycles. The van der Waals surface area contributed by atoms with E-state index in [1.54, 1.807) is 6.07 Å². The number of aryl methyl sites for hydroxylation is 2. The highest BCUT2D eigenvalue weighted by Gasteiger charge is 2.12. The molecule has 0 aliphatic heterocycles. The van der Waals surface area contributed by atoms with Crippen LogP contribution in [0.4, 0.5) is 11.5 Å². The molecule has 0 aliphatic carbocycles. The molecule has 0 bridgehead atoms. The van der Waals surface area contributed by atoms with E-state index in [0.717, 1.165) is 11.3 Å². The summed E-state index contributed by atoms with van der Waals surface area (Å²) in [4.78, 5) is 1.89. The highest BCUT2D eigenvalue weighted by Crippen LogP contribution is 2.27. The second-order valence-corrected chi connectivity index (χ2v) is 4.23. The fourth-order valence-electron chi connectivity index (χ4n) is 1.96. The van der Waals surface area contributed by atoms with Crippen LogP contribution in [0.3, 0.4) is 0 Å². The van der Waals surface area contributed by atoms with Crippen molar-refractivity contribution in [1.29, 1.82) is 5.26 Å². The molecule has 4 heteroatoms. The number of rotatable bonds is 2. The minimum atomic E-state index is 0.521. The molecule has 2 aromatic rings. The van der Waals surface area contributed by atoms with Gasteiger partial charge in [0.05, 0.1) is 11.8 Å². The van der Waals surface area contributed by atoms with E-state index in [1.165, 1.54) is 11.8 Å². The van der Waals surface area contributed by atoms with Gasteiger partial charge in [-0.3, -0.25) is 0 Å². The molecule has 0 aliphatic rings. The van der Waals surface area contributed by atoms with Gasteiger partial charge in [0.25, 0.3) is 0 Å². The van der Waals surface area contributed by atoms with Crippen LogP contribution in [0.25, 0.3) is 0 Å². The van der Waals surface area contributed by atoms with Gasteiger partial charge in [-0.1, -0.05) is 17.7 Å². The summed E-state index contributed by atoms with van der Waals surface area (Å²) in [5.74, 6) is 0.576. The lowest BCUT2D eigenvalue weighted by Gasteiger charge is -2.20. The van der Waals surface area contributed by atoms with Crippen molar-refractivity contribution < 1.29 is 0 Å². The van der Waals surface area contributed by atoms with Gasteiger partial charge < -0.3 is 4.90 Å². The van der Waals surface area contributed by atoms with E-state index in [2.05, 4.69) is 29.3 Å². The number of aromatic nitrogens is 2. The van der Waals surface area contributed by atoms with Crippen molar-refractivity contribution in [2.45, 2.75) is 13.8 Å². The molecule has 0 fully saturated rings. The zero-order valence-corrected chi connectivity index (χ0v) is 10.7. The van der Waals surface area contributed by atoms with Crippen molar-refractivity contribution in [2.24, 2.45) is 0 Å². The van der Waals surface area contributed by atoms with Gasteiger partial charge in [0.1, 0.15) is 6.07 Å². The Bertz CT molecular complexity index is 613. The summed E-state index contributed by atoms with van der Waals surface area (Å²) in [5, 5.41) is 17.0. The Kier molecular flexibility index (Phi) is 3.24. The topological polar surface area (TPSA) is 52.8 Å². The van der Waals surface area contributed by atoms with E-state index in [9.17, 15) is 0 Å². The summed E-state index contributed by atoms with van der Waals surface area (Å²) in [6.45, 7) is 4.10. The van der Waals surface area contributed by atoms with Gasteiger partial charge in [-0.2, -0.15) is 10.4 Å². The largest absolute Gasteiger partial charge is 0.327 e. The van der Waals surface area contributed by atoms with Crippen LogP contribution >= 0.6 is 0 Å². The molecule has 0 saturated heterocycles. The Balaban J connectivity index is 2.48. The van der Waals surface area contributed by atoms with Crippen molar-refractivity contribution in [1.82, 2.24) is 10.2 Å². The molecular weight excluding hydrogens is 224 g/mol. The maximum absolute atomic E-state index is 9.08. The second kappa shape index (κ2) is 4.84. The summed E-state index contributed by atoms with van der Waals surface area (Å²) in [6.07, 6.45) is 1.53. The zero-order valence-electron chi connectivity index (χ0n) is 10.7. The van der Waals surface area contributed by atoms with Crippen LogP contribution in [0.1, 0.15) is 16.7 Å². The number of hydrogen-bond donors (Lipinski definition) is 0. The van der Waals surface area contributed by atoms with E-state index in [-0.39, 0.29) is 0 Å². The van der Waals surface area contributed by atoms with Crippen LogP contribution in [-0.2, 0) is 0 Å². The predicted octanol–water partition coefficient (Wildman–Crippen LogP) is 2.73. The first-order valence-electron chi connectivity index (χ1n) is 5.66. The highest BCUT2D eigenvalue weighted by atomic mass is 15.2. The lowest BCUT2D eigenvalue weighted by molar-refractivity contribution is 0.978. The lowest BCUT2D eigenvalue weighted by atomic mass is 10.1.